The minimum Gasteiger partial charge on any atom is -0.497 e. The van der Waals surface area contributed by atoms with Crippen LogP contribution < -0.4 is 20.1 Å². The second-order valence-corrected chi connectivity index (χ2v) is 16.2. The number of fused-ring (bicyclic) bond motifs is 6. The van der Waals surface area contributed by atoms with Crippen molar-refractivity contribution < 1.29 is 28.5 Å². The van der Waals surface area contributed by atoms with Crippen molar-refractivity contribution in [3.05, 3.63) is 46.5 Å². The zero-order valence-corrected chi connectivity index (χ0v) is 30.4. The van der Waals surface area contributed by atoms with Gasteiger partial charge in [0.2, 0.25) is 0 Å². The van der Waals surface area contributed by atoms with Crippen molar-refractivity contribution in [3.8, 4) is 11.5 Å². The highest BCUT2D eigenvalue weighted by atomic mass is 16.5. The van der Waals surface area contributed by atoms with Gasteiger partial charge in [0.15, 0.2) is 0 Å². The maximum absolute atomic E-state index is 13.7. The summed E-state index contributed by atoms with van der Waals surface area (Å²) in [6.07, 6.45) is 10.3. The van der Waals surface area contributed by atoms with Gasteiger partial charge in [-0.05, 0) is 119 Å². The third kappa shape index (κ3) is 5.70. The van der Waals surface area contributed by atoms with E-state index in [-0.39, 0.29) is 21.7 Å². The van der Waals surface area contributed by atoms with Crippen LogP contribution in [0, 0.1) is 22.7 Å². The van der Waals surface area contributed by atoms with E-state index in [4.69, 9.17) is 18.9 Å². The molecule has 2 amide bonds. The summed E-state index contributed by atoms with van der Waals surface area (Å²) in [5.41, 5.74) is 5.96. The first-order valence-corrected chi connectivity index (χ1v) is 17.9. The topological polar surface area (TPSA) is 95.1 Å². The molecule has 0 aliphatic heterocycles. The van der Waals surface area contributed by atoms with E-state index < -0.39 is 11.8 Å². The van der Waals surface area contributed by atoms with Crippen LogP contribution in [0.3, 0.4) is 0 Å². The van der Waals surface area contributed by atoms with Crippen molar-refractivity contribution in [3.63, 3.8) is 0 Å². The van der Waals surface area contributed by atoms with Gasteiger partial charge in [-0.25, -0.2) is 0 Å². The van der Waals surface area contributed by atoms with E-state index in [1.807, 2.05) is 12.1 Å². The molecule has 0 heterocycles. The number of nitrogens with one attached hydrogen (secondary N) is 2. The molecule has 8 heteroatoms. The van der Waals surface area contributed by atoms with Gasteiger partial charge < -0.3 is 29.6 Å². The SMILES string of the molecule is COC[C@@]1(C)CCC[C@]2(C)c3cc(OC)cc(NC(=O)C(=O)Nc4cc(OC)cc5c4CCC4[C@@](C)(COC)CCC[C@]54C)c3CCC12. The summed E-state index contributed by atoms with van der Waals surface area (Å²) in [5, 5.41) is 6.02. The molecule has 0 saturated heterocycles. The number of hydrogen-bond donors (Lipinski definition) is 2. The smallest absolute Gasteiger partial charge is 0.314 e. The largest absolute Gasteiger partial charge is 0.497 e. The van der Waals surface area contributed by atoms with Gasteiger partial charge in [-0.15, -0.1) is 0 Å². The Morgan fingerprint density at radius 3 is 1.40 bits per heavy atom. The van der Waals surface area contributed by atoms with Gasteiger partial charge in [-0.3, -0.25) is 9.59 Å². The van der Waals surface area contributed by atoms with Gasteiger partial charge >= 0.3 is 11.8 Å². The Kier molecular flexibility index (Phi) is 9.40. The molecule has 0 spiro atoms. The van der Waals surface area contributed by atoms with Crippen LogP contribution in [0.4, 0.5) is 11.4 Å². The molecule has 2 aromatic rings. The summed E-state index contributed by atoms with van der Waals surface area (Å²) in [6.45, 7) is 10.9. The summed E-state index contributed by atoms with van der Waals surface area (Å²) in [5.74, 6) is 0.885. The van der Waals surface area contributed by atoms with Gasteiger partial charge in [0.25, 0.3) is 0 Å². The fourth-order valence-corrected chi connectivity index (χ4v) is 11.2. The Morgan fingerprint density at radius 1 is 0.646 bits per heavy atom. The molecular weight excluding hydrogens is 604 g/mol. The molecule has 4 aliphatic rings. The van der Waals surface area contributed by atoms with Crippen LogP contribution in [-0.2, 0) is 42.7 Å². The van der Waals surface area contributed by atoms with Crippen molar-refractivity contribution in [2.24, 2.45) is 22.7 Å². The monoisotopic (exact) mass is 660 g/mol. The second-order valence-electron chi connectivity index (χ2n) is 16.2. The summed E-state index contributed by atoms with van der Waals surface area (Å²) >= 11 is 0. The molecule has 48 heavy (non-hydrogen) atoms. The minimum absolute atomic E-state index is 0.0819. The molecule has 0 radical (unpaired) electrons. The number of carbonyl (C=O) groups is 2. The molecular formula is C40H56N2O6. The first-order chi connectivity index (χ1) is 22.9. The average Bonchev–Trinajstić information content (AvgIpc) is 3.04. The number of rotatable bonds is 8. The number of methoxy groups -OCH3 is 4. The van der Waals surface area contributed by atoms with E-state index in [9.17, 15) is 9.59 Å². The molecule has 2 fully saturated rings. The number of benzene rings is 2. The highest BCUT2D eigenvalue weighted by Gasteiger charge is 2.53. The quantitative estimate of drug-likeness (QED) is 0.283. The van der Waals surface area contributed by atoms with Gasteiger partial charge in [0.1, 0.15) is 11.5 Å². The van der Waals surface area contributed by atoms with Crippen LogP contribution >= 0.6 is 0 Å². The first kappa shape index (κ1) is 34.8. The minimum atomic E-state index is -0.688. The zero-order chi connectivity index (χ0) is 34.5. The first-order valence-electron chi connectivity index (χ1n) is 17.9. The van der Waals surface area contributed by atoms with E-state index >= 15 is 0 Å². The standard InChI is InChI=1S/C40H56N2O6/c1-37(23-45-5)15-9-17-39(3)29-19-25(47-7)21-31(27(29)11-13-33(37)39)41-35(43)36(44)42-32-22-26(48-8)20-30-28(32)12-14-34-38(2,24-46-6)16-10-18-40(30,34)4/h19-22,33-34H,9-18,23-24H2,1-8H3,(H,41,43)(H,42,44)/t33?,34?,37-,38-,39-,40-/m1/s1. The molecule has 0 bridgehead atoms. The summed E-state index contributed by atoms with van der Waals surface area (Å²) in [7, 11) is 6.89. The molecule has 2 saturated carbocycles. The number of carbonyl (C=O) groups excluding carboxylic acids is 2. The van der Waals surface area contributed by atoms with Gasteiger partial charge in [0.05, 0.1) is 27.4 Å². The highest BCUT2D eigenvalue weighted by Crippen LogP contribution is 2.60. The van der Waals surface area contributed by atoms with Crippen molar-refractivity contribution in [1.29, 1.82) is 0 Å². The normalized spacial score (nSPS) is 32.2. The molecule has 8 nitrogen and oxygen atoms in total. The van der Waals surface area contributed by atoms with Crippen LogP contribution in [0.25, 0.3) is 0 Å². The molecule has 2 unspecified atom stereocenters. The van der Waals surface area contributed by atoms with Crippen molar-refractivity contribution in [1.82, 2.24) is 0 Å². The molecule has 0 aromatic heterocycles. The molecule has 4 aliphatic carbocycles. The third-order valence-corrected chi connectivity index (χ3v) is 13.3. The lowest BCUT2D eigenvalue weighted by Crippen LogP contribution is -2.51. The molecule has 2 aromatic carbocycles. The zero-order valence-electron chi connectivity index (χ0n) is 30.4. The van der Waals surface area contributed by atoms with Crippen LogP contribution in [0.1, 0.15) is 101 Å². The number of anilines is 2. The Labute approximate surface area is 287 Å². The fourth-order valence-electron chi connectivity index (χ4n) is 11.2. The summed E-state index contributed by atoms with van der Waals surface area (Å²) in [6, 6.07) is 8.02. The van der Waals surface area contributed by atoms with Crippen LogP contribution in [-0.4, -0.2) is 53.5 Å². The third-order valence-electron chi connectivity index (χ3n) is 13.3. The summed E-state index contributed by atoms with van der Waals surface area (Å²) < 4.78 is 23.0. The predicted octanol–water partition coefficient (Wildman–Crippen LogP) is 7.59. The Balaban J connectivity index is 1.29. The van der Waals surface area contributed by atoms with E-state index in [0.29, 0.717) is 34.7 Å². The van der Waals surface area contributed by atoms with Crippen molar-refractivity contribution in [2.45, 2.75) is 103 Å². The van der Waals surface area contributed by atoms with Gasteiger partial charge in [0, 0.05) is 37.7 Å². The molecule has 2 N–H and O–H groups in total. The average molecular weight is 661 g/mol. The van der Waals surface area contributed by atoms with E-state index in [1.54, 1.807) is 28.4 Å². The van der Waals surface area contributed by atoms with Crippen molar-refractivity contribution in [2.75, 3.05) is 52.3 Å². The van der Waals surface area contributed by atoms with Crippen LogP contribution in [0.2, 0.25) is 0 Å². The maximum Gasteiger partial charge on any atom is 0.314 e. The number of ether oxygens (including phenoxy) is 4. The summed E-state index contributed by atoms with van der Waals surface area (Å²) in [4.78, 5) is 27.4. The van der Waals surface area contributed by atoms with Gasteiger partial charge in [-0.1, -0.05) is 40.5 Å². The maximum atomic E-state index is 13.7. The fraction of sp³-hybridized carbons (Fsp3) is 0.650. The van der Waals surface area contributed by atoms with E-state index in [2.05, 4.69) is 50.5 Å². The molecule has 6 rings (SSSR count). The van der Waals surface area contributed by atoms with Crippen LogP contribution in [0.5, 0.6) is 11.5 Å². The van der Waals surface area contributed by atoms with E-state index in [1.165, 1.54) is 11.1 Å². The lowest BCUT2D eigenvalue weighted by molar-refractivity contribution is -0.133. The van der Waals surface area contributed by atoms with E-state index in [0.717, 1.165) is 88.5 Å². The van der Waals surface area contributed by atoms with Crippen LogP contribution in [0.15, 0.2) is 24.3 Å². The molecule has 6 atom stereocenters. The predicted molar refractivity (Wildman–Crippen MR) is 189 cm³/mol. The number of amides is 2. The Morgan fingerprint density at radius 2 is 1.04 bits per heavy atom. The highest BCUT2D eigenvalue weighted by molar-refractivity contribution is 6.43. The van der Waals surface area contributed by atoms with Crippen molar-refractivity contribution >= 4 is 23.2 Å². The lowest BCUT2D eigenvalue weighted by atomic mass is 9.50. The number of hydrogen-bond acceptors (Lipinski definition) is 6. The second kappa shape index (κ2) is 13.0. The van der Waals surface area contributed by atoms with Gasteiger partial charge in [-0.2, -0.15) is 0 Å². The molecule has 262 valence electrons. The Hall–Kier alpha value is -3.10. The lowest BCUT2D eigenvalue weighted by Gasteiger charge is -2.55. The Bertz CT molecular complexity index is 1450.